The average molecular weight is 300 g/mol. The summed E-state index contributed by atoms with van der Waals surface area (Å²) in [6, 6.07) is 0. The van der Waals surface area contributed by atoms with Crippen LogP contribution in [0.25, 0.3) is 0 Å². The molecule has 0 spiro atoms. The molecular formula is C9H10BrN5S. The Labute approximate surface area is 105 Å². The fourth-order valence-corrected chi connectivity index (χ4v) is 2.33. The molecule has 0 radical (unpaired) electrons. The molecule has 0 fully saturated rings. The van der Waals surface area contributed by atoms with Crippen molar-refractivity contribution in [3.63, 3.8) is 0 Å². The van der Waals surface area contributed by atoms with E-state index in [0.717, 1.165) is 11.5 Å². The number of hydrogen-bond acceptors (Lipinski definition) is 6. The van der Waals surface area contributed by atoms with Crippen molar-refractivity contribution >= 4 is 38.9 Å². The standard InChI is InChI=1S/C9H10BrN5S/c1-15(2-6-3-16-5-14-6)9-7(10)8(11)12-4-13-9/h3-5H,2H2,1H3,(H2,11,12,13). The Bertz CT molecular complexity index is 473. The lowest BCUT2D eigenvalue weighted by Gasteiger charge is -2.18. The normalized spacial score (nSPS) is 10.4. The predicted molar refractivity (Wildman–Crippen MR) is 68.4 cm³/mol. The van der Waals surface area contributed by atoms with E-state index in [1.807, 2.05) is 22.8 Å². The summed E-state index contributed by atoms with van der Waals surface area (Å²) in [5.41, 5.74) is 8.52. The van der Waals surface area contributed by atoms with Crippen LogP contribution in [0, 0.1) is 0 Å². The third-order valence-corrected chi connectivity index (χ3v) is 3.44. The molecule has 0 aromatic carbocycles. The van der Waals surface area contributed by atoms with E-state index >= 15 is 0 Å². The molecule has 0 amide bonds. The molecule has 0 bridgehead atoms. The van der Waals surface area contributed by atoms with Crippen molar-refractivity contribution in [3.8, 4) is 0 Å². The van der Waals surface area contributed by atoms with Crippen molar-refractivity contribution < 1.29 is 0 Å². The van der Waals surface area contributed by atoms with Gasteiger partial charge in [0.1, 0.15) is 22.4 Å². The molecular weight excluding hydrogens is 290 g/mol. The van der Waals surface area contributed by atoms with Gasteiger partial charge in [-0.05, 0) is 15.9 Å². The second-order valence-corrected chi connectivity index (χ2v) is 4.74. The summed E-state index contributed by atoms with van der Waals surface area (Å²) in [6.07, 6.45) is 1.45. The molecule has 0 unspecified atom stereocenters. The second kappa shape index (κ2) is 4.75. The number of aromatic nitrogens is 3. The molecule has 0 aliphatic heterocycles. The highest BCUT2D eigenvalue weighted by Gasteiger charge is 2.11. The molecule has 16 heavy (non-hydrogen) atoms. The zero-order valence-electron chi connectivity index (χ0n) is 8.59. The highest BCUT2D eigenvalue weighted by Crippen LogP contribution is 2.27. The highest BCUT2D eigenvalue weighted by molar-refractivity contribution is 9.10. The summed E-state index contributed by atoms with van der Waals surface area (Å²) < 4.78 is 0.715. The number of thiazole rings is 1. The van der Waals surface area contributed by atoms with Gasteiger partial charge in [0.25, 0.3) is 0 Å². The summed E-state index contributed by atoms with van der Waals surface area (Å²) in [5, 5.41) is 2.01. The Morgan fingerprint density at radius 2 is 2.25 bits per heavy atom. The molecule has 0 saturated heterocycles. The topological polar surface area (TPSA) is 67.9 Å². The molecule has 2 heterocycles. The maximum absolute atomic E-state index is 5.69. The predicted octanol–water partition coefficient (Wildman–Crippen LogP) is 1.91. The van der Waals surface area contributed by atoms with Gasteiger partial charge in [0, 0.05) is 12.4 Å². The maximum atomic E-state index is 5.69. The van der Waals surface area contributed by atoms with Crippen molar-refractivity contribution in [2.24, 2.45) is 0 Å². The van der Waals surface area contributed by atoms with E-state index in [0.29, 0.717) is 16.8 Å². The first-order valence-corrected chi connectivity index (χ1v) is 6.26. The molecule has 2 aromatic rings. The Morgan fingerprint density at radius 3 is 2.94 bits per heavy atom. The Morgan fingerprint density at radius 1 is 1.44 bits per heavy atom. The van der Waals surface area contributed by atoms with Crippen LogP contribution in [0.3, 0.4) is 0 Å². The summed E-state index contributed by atoms with van der Waals surface area (Å²) in [4.78, 5) is 14.3. The van der Waals surface area contributed by atoms with Crippen LogP contribution in [-0.2, 0) is 6.54 Å². The molecule has 2 N–H and O–H groups in total. The molecule has 7 heteroatoms. The van der Waals surface area contributed by atoms with E-state index in [1.54, 1.807) is 11.3 Å². The van der Waals surface area contributed by atoms with E-state index in [2.05, 4.69) is 30.9 Å². The van der Waals surface area contributed by atoms with Gasteiger partial charge in [0.15, 0.2) is 0 Å². The Kier molecular flexibility index (Phi) is 3.35. The first-order chi connectivity index (χ1) is 7.68. The second-order valence-electron chi connectivity index (χ2n) is 3.23. The van der Waals surface area contributed by atoms with Crippen LogP contribution in [-0.4, -0.2) is 22.0 Å². The number of anilines is 2. The Balaban J connectivity index is 2.21. The van der Waals surface area contributed by atoms with E-state index in [9.17, 15) is 0 Å². The van der Waals surface area contributed by atoms with E-state index in [1.165, 1.54) is 6.33 Å². The van der Waals surface area contributed by atoms with Gasteiger partial charge in [-0.2, -0.15) is 0 Å². The molecule has 2 aromatic heterocycles. The summed E-state index contributed by atoms with van der Waals surface area (Å²) in [6.45, 7) is 0.693. The summed E-state index contributed by atoms with van der Waals surface area (Å²) >= 11 is 4.95. The molecule has 0 saturated carbocycles. The van der Waals surface area contributed by atoms with Crippen LogP contribution in [0.2, 0.25) is 0 Å². The molecule has 5 nitrogen and oxygen atoms in total. The van der Waals surface area contributed by atoms with Gasteiger partial charge >= 0.3 is 0 Å². The van der Waals surface area contributed by atoms with E-state index < -0.39 is 0 Å². The van der Waals surface area contributed by atoms with Gasteiger partial charge in [-0.15, -0.1) is 11.3 Å². The van der Waals surface area contributed by atoms with Crippen molar-refractivity contribution in [1.82, 2.24) is 15.0 Å². The number of nitrogens with zero attached hydrogens (tertiary/aromatic N) is 4. The van der Waals surface area contributed by atoms with Gasteiger partial charge in [0.05, 0.1) is 17.7 Å². The van der Waals surface area contributed by atoms with E-state index in [4.69, 9.17) is 5.73 Å². The first-order valence-electron chi connectivity index (χ1n) is 4.52. The average Bonchev–Trinajstić information content (AvgIpc) is 2.74. The number of hydrogen-bond donors (Lipinski definition) is 1. The third kappa shape index (κ3) is 2.30. The molecule has 84 valence electrons. The summed E-state index contributed by atoms with van der Waals surface area (Å²) in [7, 11) is 1.94. The highest BCUT2D eigenvalue weighted by atomic mass is 79.9. The fourth-order valence-electron chi connectivity index (χ4n) is 1.27. The monoisotopic (exact) mass is 299 g/mol. The Hall–Kier alpha value is -1.21. The van der Waals surface area contributed by atoms with Crippen LogP contribution >= 0.6 is 27.3 Å². The zero-order valence-corrected chi connectivity index (χ0v) is 11.0. The third-order valence-electron chi connectivity index (χ3n) is 2.04. The number of rotatable bonds is 3. The van der Waals surface area contributed by atoms with Crippen molar-refractivity contribution in [3.05, 3.63) is 27.4 Å². The number of halogens is 1. The van der Waals surface area contributed by atoms with Crippen LogP contribution < -0.4 is 10.6 Å². The lowest BCUT2D eigenvalue weighted by molar-refractivity contribution is 0.866. The van der Waals surface area contributed by atoms with Crippen LogP contribution in [0.1, 0.15) is 5.69 Å². The smallest absolute Gasteiger partial charge is 0.148 e. The number of nitrogens with two attached hydrogens (primary N) is 1. The fraction of sp³-hybridized carbons (Fsp3) is 0.222. The first kappa shape index (κ1) is 11.3. The minimum Gasteiger partial charge on any atom is -0.383 e. The van der Waals surface area contributed by atoms with Crippen molar-refractivity contribution in [2.75, 3.05) is 17.7 Å². The lowest BCUT2D eigenvalue weighted by Crippen LogP contribution is -2.19. The van der Waals surface area contributed by atoms with E-state index in [-0.39, 0.29) is 0 Å². The largest absolute Gasteiger partial charge is 0.383 e. The lowest BCUT2D eigenvalue weighted by atomic mass is 10.4. The van der Waals surface area contributed by atoms with Crippen molar-refractivity contribution in [2.45, 2.75) is 6.54 Å². The van der Waals surface area contributed by atoms with Gasteiger partial charge in [-0.25, -0.2) is 15.0 Å². The summed E-state index contributed by atoms with van der Waals surface area (Å²) in [5.74, 6) is 1.20. The van der Waals surface area contributed by atoms with Crippen molar-refractivity contribution in [1.29, 1.82) is 0 Å². The van der Waals surface area contributed by atoms with Crippen LogP contribution in [0.15, 0.2) is 21.7 Å². The molecule has 0 atom stereocenters. The minimum absolute atomic E-state index is 0.440. The molecule has 2 rings (SSSR count). The maximum Gasteiger partial charge on any atom is 0.148 e. The van der Waals surface area contributed by atoms with Crippen LogP contribution in [0.5, 0.6) is 0 Å². The minimum atomic E-state index is 0.440. The molecule has 0 aliphatic carbocycles. The van der Waals surface area contributed by atoms with Gasteiger partial charge in [-0.3, -0.25) is 0 Å². The SMILES string of the molecule is CN(Cc1cscn1)c1ncnc(N)c1Br. The zero-order chi connectivity index (χ0) is 11.5. The van der Waals surface area contributed by atoms with Gasteiger partial charge in [-0.1, -0.05) is 0 Å². The number of nitrogen functional groups attached to an aromatic ring is 1. The molecule has 0 aliphatic rings. The van der Waals surface area contributed by atoms with Gasteiger partial charge < -0.3 is 10.6 Å². The van der Waals surface area contributed by atoms with Gasteiger partial charge in [0.2, 0.25) is 0 Å². The van der Waals surface area contributed by atoms with Crippen LogP contribution in [0.4, 0.5) is 11.6 Å². The quantitative estimate of drug-likeness (QED) is 0.938.